The Balaban J connectivity index is 1.74. The van der Waals surface area contributed by atoms with Crippen molar-refractivity contribution in [3.63, 3.8) is 0 Å². The van der Waals surface area contributed by atoms with Gasteiger partial charge in [-0.05, 0) is 31.5 Å². The molecule has 2 aliphatic heterocycles. The van der Waals surface area contributed by atoms with Crippen molar-refractivity contribution in [2.24, 2.45) is 0 Å². The Kier molecular flexibility index (Phi) is 2.00. The molecule has 20 heavy (non-hydrogen) atoms. The van der Waals surface area contributed by atoms with E-state index in [4.69, 9.17) is 4.42 Å². The van der Waals surface area contributed by atoms with Crippen LogP contribution in [0.3, 0.4) is 0 Å². The summed E-state index contributed by atoms with van der Waals surface area (Å²) in [6.07, 6.45) is 2.91. The average Bonchev–Trinajstić information content (AvgIpc) is 3.08. The number of carbonyl (C=O) groups is 1. The highest BCUT2D eigenvalue weighted by molar-refractivity contribution is 6.07. The van der Waals surface area contributed by atoms with E-state index in [0.717, 1.165) is 28.3 Å². The zero-order valence-corrected chi connectivity index (χ0v) is 11.2. The molecule has 1 aromatic heterocycles. The molecule has 102 valence electrons. The fraction of sp³-hybridized carbons (Fsp3) is 0.286. The number of oxazole rings is 1. The first-order valence-electron chi connectivity index (χ1n) is 6.47. The van der Waals surface area contributed by atoms with Crippen LogP contribution in [0, 0.1) is 0 Å². The maximum absolute atomic E-state index is 12.0. The van der Waals surface area contributed by atoms with Crippen LogP contribution in [0.4, 0.5) is 17.1 Å². The summed E-state index contributed by atoms with van der Waals surface area (Å²) >= 11 is 0. The van der Waals surface area contributed by atoms with Gasteiger partial charge in [-0.25, -0.2) is 4.98 Å². The third-order valence-corrected chi connectivity index (χ3v) is 3.99. The quantitative estimate of drug-likeness (QED) is 0.741. The highest BCUT2D eigenvalue weighted by atomic mass is 16.3. The summed E-state index contributed by atoms with van der Waals surface area (Å²) < 4.78 is 5.00. The van der Waals surface area contributed by atoms with Gasteiger partial charge in [0.2, 0.25) is 5.91 Å². The van der Waals surface area contributed by atoms with E-state index in [0.29, 0.717) is 0 Å². The van der Waals surface area contributed by atoms with Crippen molar-refractivity contribution in [2.75, 3.05) is 16.0 Å². The predicted octanol–water partition coefficient (Wildman–Crippen LogP) is 2.44. The number of nitrogens with zero attached hydrogens (tertiary/aromatic N) is 1. The van der Waals surface area contributed by atoms with Crippen LogP contribution in [-0.2, 0) is 10.2 Å². The second-order valence-corrected chi connectivity index (χ2v) is 5.66. The van der Waals surface area contributed by atoms with Crippen LogP contribution in [-0.4, -0.2) is 10.9 Å². The number of anilines is 3. The molecule has 1 atom stereocenters. The van der Waals surface area contributed by atoms with Crippen LogP contribution in [0.5, 0.6) is 0 Å². The second-order valence-electron chi connectivity index (χ2n) is 5.66. The molecule has 0 radical (unpaired) electrons. The lowest BCUT2D eigenvalue weighted by Crippen LogP contribution is -2.26. The summed E-state index contributed by atoms with van der Waals surface area (Å²) in [6, 6.07) is 3.99. The van der Waals surface area contributed by atoms with Crippen LogP contribution in [0.2, 0.25) is 0 Å². The van der Waals surface area contributed by atoms with Gasteiger partial charge in [0.15, 0.2) is 6.39 Å². The van der Waals surface area contributed by atoms with Crippen molar-refractivity contribution < 1.29 is 9.21 Å². The zero-order valence-electron chi connectivity index (χ0n) is 11.2. The first-order valence-corrected chi connectivity index (χ1v) is 6.47. The molecule has 3 N–H and O–H groups in total. The summed E-state index contributed by atoms with van der Waals surface area (Å²) in [6.45, 7) is 3.86. The van der Waals surface area contributed by atoms with Crippen molar-refractivity contribution in [1.29, 1.82) is 0 Å². The van der Waals surface area contributed by atoms with Gasteiger partial charge in [-0.1, -0.05) is 0 Å². The highest BCUT2D eigenvalue weighted by Crippen LogP contribution is 2.45. The van der Waals surface area contributed by atoms with Gasteiger partial charge in [0, 0.05) is 5.69 Å². The summed E-state index contributed by atoms with van der Waals surface area (Å²) in [5, 5.41) is 9.60. The summed E-state index contributed by atoms with van der Waals surface area (Å²) in [7, 11) is 0. The maximum Gasteiger partial charge on any atom is 0.234 e. The van der Waals surface area contributed by atoms with E-state index in [1.165, 1.54) is 6.39 Å². The Morgan fingerprint density at radius 2 is 1.95 bits per heavy atom. The minimum absolute atomic E-state index is 0.0317. The van der Waals surface area contributed by atoms with Crippen LogP contribution in [0.15, 0.2) is 29.2 Å². The molecule has 6 nitrogen and oxygen atoms in total. The molecule has 0 spiro atoms. The lowest BCUT2D eigenvalue weighted by atomic mass is 9.86. The van der Waals surface area contributed by atoms with Crippen LogP contribution >= 0.6 is 0 Å². The zero-order chi connectivity index (χ0) is 13.9. The molecule has 0 saturated heterocycles. The lowest BCUT2D eigenvalue weighted by molar-refractivity contribution is -0.119. The number of nitrogens with one attached hydrogen (secondary N) is 3. The molecule has 0 aliphatic carbocycles. The minimum atomic E-state index is -0.502. The number of amides is 1. The Labute approximate surface area is 115 Å². The SMILES string of the molecule is CC1(C)C(=O)Nc2cc3c(cc21)NC(c1cocn1)N3. The van der Waals surface area contributed by atoms with Crippen LogP contribution in [0.1, 0.15) is 31.3 Å². The van der Waals surface area contributed by atoms with E-state index in [1.54, 1.807) is 6.26 Å². The fourth-order valence-electron chi connectivity index (χ4n) is 2.72. The maximum atomic E-state index is 12.0. The number of hydrogen-bond acceptors (Lipinski definition) is 5. The van der Waals surface area contributed by atoms with Crippen molar-refractivity contribution in [2.45, 2.75) is 25.4 Å². The molecule has 0 bridgehead atoms. The van der Waals surface area contributed by atoms with Gasteiger partial charge < -0.3 is 20.4 Å². The van der Waals surface area contributed by atoms with E-state index in [-0.39, 0.29) is 12.1 Å². The first-order chi connectivity index (χ1) is 9.55. The van der Waals surface area contributed by atoms with Gasteiger partial charge in [0.05, 0.1) is 16.8 Å². The molecular weight excluding hydrogens is 256 g/mol. The molecular formula is C14H14N4O2. The Morgan fingerprint density at radius 1 is 1.20 bits per heavy atom. The van der Waals surface area contributed by atoms with Crippen molar-refractivity contribution in [1.82, 2.24) is 4.98 Å². The lowest BCUT2D eigenvalue weighted by Gasteiger charge is -2.15. The third-order valence-electron chi connectivity index (χ3n) is 3.99. The van der Waals surface area contributed by atoms with Gasteiger partial charge in [0.1, 0.15) is 18.1 Å². The summed E-state index contributed by atoms with van der Waals surface area (Å²) in [4.78, 5) is 16.1. The van der Waals surface area contributed by atoms with Gasteiger partial charge in [0.25, 0.3) is 0 Å². The monoisotopic (exact) mass is 270 g/mol. The Bertz CT molecular complexity index is 706. The van der Waals surface area contributed by atoms with Gasteiger partial charge >= 0.3 is 0 Å². The molecule has 1 amide bonds. The largest absolute Gasteiger partial charge is 0.451 e. The van der Waals surface area contributed by atoms with Gasteiger partial charge in [-0.15, -0.1) is 0 Å². The third kappa shape index (κ3) is 1.39. The van der Waals surface area contributed by atoms with E-state index >= 15 is 0 Å². The molecule has 6 heteroatoms. The molecule has 1 unspecified atom stereocenters. The Hall–Kier alpha value is -2.50. The van der Waals surface area contributed by atoms with Gasteiger partial charge in [-0.2, -0.15) is 0 Å². The first kappa shape index (κ1) is 11.3. The highest BCUT2D eigenvalue weighted by Gasteiger charge is 2.40. The van der Waals surface area contributed by atoms with E-state index in [9.17, 15) is 4.79 Å². The Morgan fingerprint density at radius 3 is 2.65 bits per heavy atom. The molecule has 2 aromatic rings. The number of fused-ring (bicyclic) bond motifs is 2. The van der Waals surface area contributed by atoms with Crippen molar-refractivity contribution in [3.05, 3.63) is 36.0 Å². The summed E-state index contributed by atoms with van der Waals surface area (Å²) in [5.41, 5.74) is 4.10. The van der Waals surface area contributed by atoms with Crippen molar-refractivity contribution in [3.8, 4) is 0 Å². The fourth-order valence-corrected chi connectivity index (χ4v) is 2.72. The number of carbonyl (C=O) groups excluding carboxylic acids is 1. The topological polar surface area (TPSA) is 79.2 Å². The number of aromatic nitrogens is 1. The molecule has 3 heterocycles. The molecule has 2 aliphatic rings. The van der Waals surface area contributed by atoms with Crippen molar-refractivity contribution >= 4 is 23.0 Å². The van der Waals surface area contributed by atoms with Gasteiger partial charge in [-0.3, -0.25) is 4.79 Å². The molecule has 0 saturated carbocycles. The van der Waals surface area contributed by atoms with E-state index in [1.807, 2.05) is 26.0 Å². The number of rotatable bonds is 1. The number of hydrogen-bond donors (Lipinski definition) is 3. The van der Waals surface area contributed by atoms with E-state index in [2.05, 4.69) is 20.9 Å². The molecule has 0 fully saturated rings. The normalized spacial score (nSPS) is 21.7. The molecule has 4 rings (SSSR count). The van der Waals surface area contributed by atoms with Crippen LogP contribution in [0.25, 0.3) is 0 Å². The second kappa shape index (κ2) is 3.53. The predicted molar refractivity (Wildman–Crippen MR) is 74.6 cm³/mol. The average molecular weight is 270 g/mol. The van der Waals surface area contributed by atoms with E-state index < -0.39 is 5.41 Å². The van der Waals surface area contributed by atoms with Crippen LogP contribution < -0.4 is 16.0 Å². The molecule has 1 aromatic carbocycles. The minimum Gasteiger partial charge on any atom is -0.451 e. The summed E-state index contributed by atoms with van der Waals surface area (Å²) in [5.74, 6) is 0.0317. The smallest absolute Gasteiger partial charge is 0.234 e. The number of benzene rings is 1. The standard InChI is InChI=1S/C14H14N4O2/c1-14(2)7-3-9-10(4-8(7)18-13(14)19)17-12(16-9)11-5-20-6-15-11/h3-6,12,16-17H,1-2H3,(H,18,19).